The Morgan fingerprint density at radius 2 is 1.67 bits per heavy atom. The smallest absolute Gasteiger partial charge is 0.152 e. The summed E-state index contributed by atoms with van der Waals surface area (Å²) in [7, 11) is 0.415. The highest BCUT2D eigenvalue weighted by Gasteiger charge is 2.66. The van der Waals surface area contributed by atoms with Gasteiger partial charge in [-0.3, -0.25) is 9.00 Å². The standard InChI is InChI=1S/C39H60FN3O2S.CH4O.CH4/c1-36(2)34-13-15-37(3)31-12-16-39(27-41-18-6-19-42-21-23-46(45)24-22-42)14-5-7-32(39)30(31)10-11-35(37)38(34,4)17-20-43(36)29-9-8-28(26-44)33(40)25-29;1-2;/h8-9,25-26,30-32,34-35,41H,5-7,10-24,27H2,1-4H3;2H,1H3;1H4/t30-,31?,32+,34-,35?,37-,38-,39+;;/m0../s1. The van der Waals surface area contributed by atoms with E-state index < -0.39 is 16.6 Å². The molecule has 49 heavy (non-hydrogen) atoms. The third-order valence-electron chi connectivity index (χ3n) is 15.4. The van der Waals surface area contributed by atoms with E-state index in [1.807, 2.05) is 6.07 Å². The van der Waals surface area contributed by atoms with Crippen LogP contribution >= 0.6 is 0 Å². The first-order valence-electron chi connectivity index (χ1n) is 19.3. The lowest BCUT2D eigenvalue weighted by molar-refractivity contribution is -0.181. The van der Waals surface area contributed by atoms with Crippen molar-refractivity contribution in [2.45, 2.75) is 111 Å². The number of hydrogen-bond donors (Lipinski definition) is 2. The molecular formula is C41H68FN3O3S. The molecule has 6 aliphatic rings. The first-order chi connectivity index (χ1) is 23.0. The van der Waals surface area contributed by atoms with Crippen molar-refractivity contribution in [1.82, 2.24) is 10.2 Å². The van der Waals surface area contributed by atoms with Crippen LogP contribution in [0.1, 0.15) is 116 Å². The Kier molecular flexibility index (Phi) is 12.2. The summed E-state index contributed by atoms with van der Waals surface area (Å²) in [6, 6.07) is 5.21. The normalized spacial score (nSPS) is 38.5. The summed E-state index contributed by atoms with van der Waals surface area (Å²) in [6.45, 7) is 16.6. The van der Waals surface area contributed by atoms with Gasteiger partial charge in [-0.2, -0.15) is 0 Å². The van der Waals surface area contributed by atoms with Crippen LogP contribution in [0.2, 0.25) is 0 Å². The molecule has 278 valence electrons. The van der Waals surface area contributed by atoms with E-state index in [0.29, 0.717) is 28.4 Å². The van der Waals surface area contributed by atoms with Crippen molar-refractivity contribution in [3.63, 3.8) is 0 Å². The van der Waals surface area contributed by atoms with Crippen molar-refractivity contribution >= 4 is 22.8 Å². The second-order valence-corrected chi connectivity index (χ2v) is 19.2. The fourth-order valence-electron chi connectivity index (χ4n) is 13.3. The molecule has 2 N–H and O–H groups in total. The van der Waals surface area contributed by atoms with Crippen LogP contribution in [-0.4, -0.2) is 83.9 Å². The zero-order valence-corrected chi connectivity index (χ0v) is 31.4. The lowest BCUT2D eigenvalue weighted by atomic mass is 9.37. The Labute approximate surface area is 300 Å². The molecule has 2 saturated heterocycles. The minimum Gasteiger partial charge on any atom is -0.400 e. The quantitative estimate of drug-likeness (QED) is 0.215. The van der Waals surface area contributed by atoms with Crippen LogP contribution in [0.25, 0.3) is 0 Å². The molecule has 4 aliphatic carbocycles. The SMILES string of the molecule is C.CC1(C)[C@@H]2CC[C@@]3(C)C4CC[C@@]5(CNCCCN6CCS(=O)CC6)CCC[C@@H]5[C@H]4CCC3[C@@]2(C)CCN1c1ccc(C=O)c(F)c1.CO. The van der Waals surface area contributed by atoms with Crippen molar-refractivity contribution in [1.29, 1.82) is 0 Å². The summed E-state index contributed by atoms with van der Waals surface area (Å²) in [5.41, 5.74) is 2.24. The molecule has 2 aliphatic heterocycles. The van der Waals surface area contributed by atoms with Crippen LogP contribution in [0, 0.1) is 51.7 Å². The average molecular weight is 702 g/mol. The number of fused-ring (bicyclic) bond motifs is 7. The highest BCUT2D eigenvalue weighted by Crippen LogP contribution is 2.72. The predicted molar refractivity (Wildman–Crippen MR) is 202 cm³/mol. The number of anilines is 1. The first-order valence-corrected chi connectivity index (χ1v) is 20.8. The van der Waals surface area contributed by atoms with Gasteiger partial charge in [0.15, 0.2) is 6.29 Å². The lowest BCUT2D eigenvalue weighted by Gasteiger charge is -2.70. The molecule has 0 aromatic heterocycles. The minimum atomic E-state index is -0.585. The maximum Gasteiger partial charge on any atom is 0.152 e. The van der Waals surface area contributed by atoms with E-state index in [1.54, 1.807) is 12.1 Å². The maximum absolute atomic E-state index is 14.7. The second-order valence-electron chi connectivity index (χ2n) is 17.5. The summed E-state index contributed by atoms with van der Waals surface area (Å²) >= 11 is 0. The number of piperidine rings is 1. The Morgan fingerprint density at radius 1 is 0.918 bits per heavy atom. The van der Waals surface area contributed by atoms with Gasteiger partial charge >= 0.3 is 0 Å². The van der Waals surface area contributed by atoms with Gasteiger partial charge in [-0.05, 0) is 155 Å². The van der Waals surface area contributed by atoms with Crippen LogP contribution in [0.5, 0.6) is 0 Å². The summed E-state index contributed by atoms with van der Waals surface area (Å²) < 4.78 is 26.4. The Morgan fingerprint density at radius 3 is 2.39 bits per heavy atom. The molecule has 0 amide bonds. The number of halogens is 1. The number of rotatable bonds is 8. The number of carbonyl (C=O) groups excluding carboxylic acids is 1. The molecular weight excluding hydrogens is 634 g/mol. The summed E-state index contributed by atoms with van der Waals surface area (Å²) in [4.78, 5) is 16.2. The molecule has 0 radical (unpaired) electrons. The molecule has 2 unspecified atom stereocenters. The zero-order valence-electron chi connectivity index (χ0n) is 30.6. The third kappa shape index (κ3) is 6.83. The number of carbonyl (C=O) groups is 1. The molecule has 2 heterocycles. The van der Waals surface area contributed by atoms with Crippen molar-refractivity contribution < 1.29 is 18.5 Å². The molecule has 0 spiro atoms. The predicted octanol–water partition coefficient (Wildman–Crippen LogP) is 7.56. The topological polar surface area (TPSA) is 72.9 Å². The number of aliphatic hydroxyl groups is 1. The summed E-state index contributed by atoms with van der Waals surface area (Å²) in [5.74, 6) is 5.28. The molecule has 8 heteroatoms. The fraction of sp³-hybridized carbons (Fsp3) is 0.829. The fourth-order valence-corrected chi connectivity index (χ4v) is 14.4. The van der Waals surface area contributed by atoms with Crippen LogP contribution < -0.4 is 10.2 Å². The van der Waals surface area contributed by atoms with Crippen LogP contribution in [-0.2, 0) is 10.8 Å². The van der Waals surface area contributed by atoms with Crippen LogP contribution in [0.3, 0.4) is 0 Å². The molecule has 6 nitrogen and oxygen atoms in total. The Hall–Kier alpha value is -1.35. The van der Waals surface area contributed by atoms with E-state index in [9.17, 15) is 13.4 Å². The minimum absolute atomic E-state index is 0. The largest absolute Gasteiger partial charge is 0.400 e. The van der Waals surface area contributed by atoms with E-state index in [2.05, 4.69) is 42.8 Å². The van der Waals surface area contributed by atoms with E-state index >= 15 is 0 Å². The number of benzene rings is 1. The van der Waals surface area contributed by atoms with E-state index in [-0.39, 0.29) is 18.5 Å². The van der Waals surface area contributed by atoms with Crippen molar-refractivity contribution in [2.75, 3.05) is 62.8 Å². The van der Waals surface area contributed by atoms with Gasteiger partial charge in [-0.1, -0.05) is 27.7 Å². The number of nitrogens with zero attached hydrogens (tertiary/aromatic N) is 2. The molecule has 6 fully saturated rings. The van der Waals surface area contributed by atoms with Crippen molar-refractivity contribution in [3.8, 4) is 0 Å². The van der Waals surface area contributed by atoms with E-state index in [0.717, 1.165) is 80.7 Å². The molecule has 7 rings (SSSR count). The number of aliphatic hydroxyl groups excluding tert-OH is 1. The molecule has 8 atom stereocenters. The average Bonchev–Trinajstić information content (AvgIpc) is 3.50. The summed E-state index contributed by atoms with van der Waals surface area (Å²) in [5, 5.41) is 11.0. The van der Waals surface area contributed by atoms with Crippen LogP contribution in [0.4, 0.5) is 10.1 Å². The van der Waals surface area contributed by atoms with Gasteiger partial charge in [0.2, 0.25) is 0 Å². The van der Waals surface area contributed by atoms with E-state index in [4.69, 9.17) is 5.11 Å². The van der Waals surface area contributed by atoms with Crippen molar-refractivity contribution in [2.24, 2.45) is 45.8 Å². The highest BCUT2D eigenvalue weighted by molar-refractivity contribution is 7.85. The van der Waals surface area contributed by atoms with E-state index in [1.165, 1.54) is 77.2 Å². The number of aldehydes is 1. The van der Waals surface area contributed by atoms with Gasteiger partial charge in [-0.15, -0.1) is 0 Å². The molecule has 4 saturated carbocycles. The monoisotopic (exact) mass is 701 g/mol. The molecule has 1 aromatic carbocycles. The van der Waals surface area contributed by atoms with Gasteiger partial charge in [-0.25, -0.2) is 4.39 Å². The molecule has 0 bridgehead atoms. The van der Waals surface area contributed by atoms with Gasteiger partial charge in [0.05, 0.1) is 5.56 Å². The van der Waals surface area contributed by atoms with Gasteiger partial charge in [0.1, 0.15) is 5.82 Å². The highest BCUT2D eigenvalue weighted by atomic mass is 32.2. The first kappa shape index (κ1) is 38.9. The zero-order chi connectivity index (χ0) is 34.3. The Bertz CT molecular complexity index is 1320. The third-order valence-corrected chi connectivity index (χ3v) is 16.7. The number of nitrogens with one attached hydrogen (secondary N) is 1. The Balaban J connectivity index is 0.00000153. The van der Waals surface area contributed by atoms with Gasteiger partial charge < -0.3 is 20.2 Å². The van der Waals surface area contributed by atoms with Gasteiger partial charge in [0, 0.05) is 66.8 Å². The lowest BCUT2D eigenvalue weighted by Crippen LogP contribution is -2.67. The van der Waals surface area contributed by atoms with Crippen molar-refractivity contribution in [3.05, 3.63) is 29.6 Å². The van der Waals surface area contributed by atoms with Gasteiger partial charge in [0.25, 0.3) is 0 Å². The second kappa shape index (κ2) is 15.3. The van der Waals surface area contributed by atoms with Crippen LogP contribution in [0.15, 0.2) is 18.2 Å². The summed E-state index contributed by atoms with van der Waals surface area (Å²) in [6.07, 6.45) is 15.5. The maximum atomic E-state index is 14.7. The molecule has 1 aromatic rings. The number of hydrogen-bond acceptors (Lipinski definition) is 6.